The van der Waals surface area contributed by atoms with E-state index >= 15 is 0 Å². The number of Topliss-reactive ketones (excluding diaryl/α,β-unsaturated/α-hetero) is 1. The second kappa shape index (κ2) is 7.31. The number of hydrogen-bond donors (Lipinski definition) is 2. The molecule has 0 spiro atoms. The van der Waals surface area contributed by atoms with Gasteiger partial charge in [-0.25, -0.2) is 9.59 Å². The summed E-state index contributed by atoms with van der Waals surface area (Å²) in [4.78, 5) is 33.3. The Morgan fingerprint density at radius 1 is 1.41 bits per heavy atom. The minimum atomic E-state index is -1.79. The van der Waals surface area contributed by atoms with Gasteiger partial charge < -0.3 is 19.7 Å². The number of hydrogen-bond acceptors (Lipinski definition) is 7. The van der Waals surface area contributed by atoms with Crippen molar-refractivity contribution in [3.63, 3.8) is 0 Å². The van der Waals surface area contributed by atoms with Gasteiger partial charge in [0.25, 0.3) is 0 Å². The fourth-order valence-electron chi connectivity index (χ4n) is 0.744. The zero-order valence-corrected chi connectivity index (χ0v) is 9.08. The summed E-state index contributed by atoms with van der Waals surface area (Å²) >= 11 is 0. The third-order valence-corrected chi connectivity index (χ3v) is 1.61. The lowest BCUT2D eigenvalue weighted by atomic mass is 10.1. The Balaban J connectivity index is 5.00. The molecule has 0 fully saturated rings. The monoisotopic (exact) mass is 244 g/mol. The van der Waals surface area contributed by atoms with Crippen LogP contribution in [0, 0.1) is 0 Å². The largest absolute Gasteiger partial charge is 0.465 e. The summed E-state index contributed by atoms with van der Waals surface area (Å²) in [7, 11) is 1.00. The fraction of sp³-hybridized carbons (Fsp3) is 0.300. The SMILES string of the molecule is C=CC(=O)O/C=C(\C(=O)OC)C(=O)C(O)CO. The van der Waals surface area contributed by atoms with Crippen molar-refractivity contribution >= 4 is 17.7 Å². The first kappa shape index (κ1) is 15.0. The molecule has 2 N–H and O–H groups in total. The molecule has 0 aromatic heterocycles. The van der Waals surface area contributed by atoms with Crippen LogP contribution < -0.4 is 0 Å². The van der Waals surface area contributed by atoms with E-state index in [0.717, 1.165) is 13.2 Å². The van der Waals surface area contributed by atoms with Crippen LogP contribution in [-0.2, 0) is 23.9 Å². The Kier molecular flexibility index (Phi) is 6.46. The van der Waals surface area contributed by atoms with Crippen molar-refractivity contribution in [3.8, 4) is 0 Å². The fourth-order valence-corrected chi connectivity index (χ4v) is 0.744. The van der Waals surface area contributed by atoms with Gasteiger partial charge in [-0.3, -0.25) is 4.79 Å². The van der Waals surface area contributed by atoms with E-state index in [1.54, 1.807) is 0 Å². The van der Waals surface area contributed by atoms with E-state index in [2.05, 4.69) is 16.1 Å². The van der Waals surface area contributed by atoms with Crippen LogP contribution in [0.2, 0.25) is 0 Å². The highest BCUT2D eigenvalue weighted by Crippen LogP contribution is 2.04. The zero-order valence-electron chi connectivity index (χ0n) is 9.08. The minimum absolute atomic E-state index is 0.539. The van der Waals surface area contributed by atoms with E-state index in [0.29, 0.717) is 6.26 Å². The second-order valence-electron chi connectivity index (χ2n) is 2.73. The number of rotatable bonds is 6. The van der Waals surface area contributed by atoms with Crippen molar-refractivity contribution in [2.75, 3.05) is 13.7 Å². The van der Waals surface area contributed by atoms with Crippen LogP contribution in [0.5, 0.6) is 0 Å². The smallest absolute Gasteiger partial charge is 0.344 e. The number of ketones is 1. The number of aliphatic hydroxyl groups is 2. The quantitative estimate of drug-likeness (QED) is 0.196. The zero-order chi connectivity index (χ0) is 13.4. The molecular formula is C10H12O7. The maximum Gasteiger partial charge on any atom is 0.344 e. The first-order chi connectivity index (χ1) is 7.97. The van der Waals surface area contributed by atoms with Crippen molar-refractivity contribution in [1.29, 1.82) is 0 Å². The van der Waals surface area contributed by atoms with E-state index in [1.165, 1.54) is 0 Å². The van der Waals surface area contributed by atoms with Gasteiger partial charge in [0.05, 0.1) is 13.7 Å². The summed E-state index contributed by atoms with van der Waals surface area (Å²) in [6.45, 7) is 2.23. The van der Waals surface area contributed by atoms with Gasteiger partial charge in [-0.2, -0.15) is 0 Å². The Bertz CT molecular complexity index is 356. The number of methoxy groups -OCH3 is 1. The number of aliphatic hydroxyl groups excluding tert-OH is 2. The highest BCUT2D eigenvalue weighted by molar-refractivity contribution is 6.18. The van der Waals surface area contributed by atoms with Gasteiger partial charge in [0.1, 0.15) is 17.9 Å². The van der Waals surface area contributed by atoms with Crippen molar-refractivity contribution in [1.82, 2.24) is 0 Å². The van der Waals surface area contributed by atoms with Crippen molar-refractivity contribution in [3.05, 3.63) is 24.5 Å². The molecule has 0 radical (unpaired) electrons. The van der Waals surface area contributed by atoms with Crippen LogP contribution in [-0.4, -0.2) is 47.8 Å². The Labute approximate surface area is 96.9 Å². The lowest BCUT2D eigenvalue weighted by molar-refractivity contribution is -0.140. The first-order valence-corrected chi connectivity index (χ1v) is 4.42. The molecule has 94 valence electrons. The van der Waals surface area contributed by atoms with Crippen LogP contribution in [0.4, 0.5) is 0 Å². The molecule has 0 amide bonds. The predicted octanol–water partition coefficient (Wildman–Crippen LogP) is -1.31. The summed E-state index contributed by atoms with van der Waals surface area (Å²) in [6.07, 6.45) is -0.433. The van der Waals surface area contributed by atoms with Crippen LogP contribution >= 0.6 is 0 Å². The van der Waals surface area contributed by atoms with Crippen LogP contribution in [0.3, 0.4) is 0 Å². The molecule has 0 heterocycles. The molecule has 0 saturated heterocycles. The van der Waals surface area contributed by atoms with Crippen LogP contribution in [0.1, 0.15) is 0 Å². The predicted molar refractivity (Wildman–Crippen MR) is 54.5 cm³/mol. The third-order valence-electron chi connectivity index (χ3n) is 1.61. The molecule has 1 unspecified atom stereocenters. The summed E-state index contributed by atoms with van der Waals surface area (Å²) < 4.78 is 8.61. The maximum atomic E-state index is 11.4. The molecular weight excluding hydrogens is 232 g/mol. The third kappa shape index (κ3) is 4.58. The summed E-state index contributed by atoms with van der Waals surface area (Å²) in [6, 6.07) is 0. The summed E-state index contributed by atoms with van der Waals surface area (Å²) in [5.74, 6) is -3.10. The molecule has 0 bridgehead atoms. The average Bonchev–Trinajstić information content (AvgIpc) is 2.36. The van der Waals surface area contributed by atoms with Crippen molar-refractivity contribution in [2.45, 2.75) is 6.10 Å². The second-order valence-corrected chi connectivity index (χ2v) is 2.73. The summed E-state index contributed by atoms with van der Waals surface area (Å²) in [5.41, 5.74) is -0.691. The number of carbonyl (C=O) groups excluding carboxylic acids is 3. The molecule has 1 atom stereocenters. The van der Waals surface area contributed by atoms with Gasteiger partial charge >= 0.3 is 11.9 Å². The molecule has 0 aromatic rings. The van der Waals surface area contributed by atoms with E-state index < -0.39 is 36.0 Å². The van der Waals surface area contributed by atoms with E-state index in [1.807, 2.05) is 0 Å². The van der Waals surface area contributed by atoms with E-state index in [-0.39, 0.29) is 0 Å². The lowest BCUT2D eigenvalue weighted by Gasteiger charge is -2.07. The Hall–Kier alpha value is -1.99. The Morgan fingerprint density at radius 3 is 2.41 bits per heavy atom. The highest BCUT2D eigenvalue weighted by Gasteiger charge is 2.26. The molecule has 0 aromatic carbocycles. The van der Waals surface area contributed by atoms with Gasteiger partial charge in [-0.05, 0) is 0 Å². The molecule has 0 aliphatic heterocycles. The molecule has 17 heavy (non-hydrogen) atoms. The van der Waals surface area contributed by atoms with Crippen molar-refractivity contribution < 1.29 is 34.1 Å². The molecule has 0 saturated carbocycles. The van der Waals surface area contributed by atoms with Gasteiger partial charge in [0, 0.05) is 6.08 Å². The molecule has 0 aliphatic carbocycles. The Morgan fingerprint density at radius 2 is 2.00 bits per heavy atom. The van der Waals surface area contributed by atoms with Gasteiger partial charge in [-0.15, -0.1) is 0 Å². The minimum Gasteiger partial charge on any atom is -0.465 e. The van der Waals surface area contributed by atoms with Crippen LogP contribution in [0.25, 0.3) is 0 Å². The van der Waals surface area contributed by atoms with Crippen LogP contribution in [0.15, 0.2) is 24.5 Å². The van der Waals surface area contributed by atoms with Gasteiger partial charge in [0.15, 0.2) is 0 Å². The van der Waals surface area contributed by atoms with Gasteiger partial charge in [0.2, 0.25) is 5.78 Å². The van der Waals surface area contributed by atoms with E-state index in [9.17, 15) is 14.4 Å². The number of ether oxygens (including phenoxy) is 2. The number of esters is 2. The molecule has 0 rings (SSSR count). The first-order valence-electron chi connectivity index (χ1n) is 4.42. The van der Waals surface area contributed by atoms with Crippen molar-refractivity contribution in [2.24, 2.45) is 0 Å². The molecule has 0 aliphatic rings. The maximum absolute atomic E-state index is 11.4. The highest BCUT2D eigenvalue weighted by atomic mass is 16.5. The van der Waals surface area contributed by atoms with E-state index in [4.69, 9.17) is 10.2 Å². The summed E-state index contributed by atoms with van der Waals surface area (Å²) in [5, 5.41) is 17.6. The molecule has 7 heteroatoms. The average molecular weight is 244 g/mol. The standard InChI is InChI=1S/C10H12O7/c1-3-8(13)17-5-6(10(15)16-2)9(14)7(12)4-11/h3,5,7,11-12H,1,4H2,2H3/b6-5-. The number of carbonyl (C=O) groups is 3. The topological polar surface area (TPSA) is 110 Å². The molecule has 7 nitrogen and oxygen atoms in total. The van der Waals surface area contributed by atoms with Gasteiger partial charge in [-0.1, -0.05) is 6.58 Å². The normalized spacial score (nSPS) is 12.5. The lowest BCUT2D eigenvalue weighted by Crippen LogP contribution is -2.29.